The molecule has 0 saturated carbocycles. The lowest BCUT2D eigenvalue weighted by Gasteiger charge is -2.36. The summed E-state index contributed by atoms with van der Waals surface area (Å²) in [4.78, 5) is 12.1. The van der Waals surface area contributed by atoms with Crippen LogP contribution in [-0.2, 0) is 11.2 Å². The first-order valence-corrected chi connectivity index (χ1v) is 6.46. The molecule has 0 aliphatic heterocycles. The van der Waals surface area contributed by atoms with E-state index in [9.17, 15) is 9.18 Å². The highest BCUT2D eigenvalue weighted by atomic mass is 19.1. The highest BCUT2D eigenvalue weighted by Crippen LogP contribution is 2.28. The van der Waals surface area contributed by atoms with E-state index in [1.165, 1.54) is 12.1 Å². The molecule has 0 saturated heterocycles. The average Bonchev–Trinajstić information content (AvgIpc) is 2.27. The fraction of sp³-hybridized carbons (Fsp3) is 0.533. The van der Waals surface area contributed by atoms with Gasteiger partial charge in [-0.05, 0) is 51.8 Å². The molecule has 0 atom stereocenters. The number of amides is 1. The Bertz CT molecular complexity index is 450. The van der Waals surface area contributed by atoms with Crippen molar-refractivity contribution < 1.29 is 9.18 Å². The SMILES string of the molecule is CC(C)(N)C(C)(C)C(=O)NCCc1cccc(F)c1. The summed E-state index contributed by atoms with van der Waals surface area (Å²) in [7, 11) is 0. The van der Waals surface area contributed by atoms with Crippen molar-refractivity contribution in [2.75, 3.05) is 6.54 Å². The van der Waals surface area contributed by atoms with Gasteiger partial charge in [-0.25, -0.2) is 4.39 Å². The first-order chi connectivity index (χ1) is 8.64. The highest BCUT2D eigenvalue weighted by Gasteiger charge is 2.40. The van der Waals surface area contributed by atoms with E-state index >= 15 is 0 Å². The maximum Gasteiger partial charge on any atom is 0.227 e. The van der Waals surface area contributed by atoms with E-state index in [1.807, 2.05) is 33.8 Å². The Balaban J connectivity index is 2.52. The van der Waals surface area contributed by atoms with Gasteiger partial charge in [0.15, 0.2) is 0 Å². The molecule has 0 aromatic heterocycles. The number of halogens is 1. The van der Waals surface area contributed by atoms with Crippen molar-refractivity contribution >= 4 is 5.91 Å². The Hall–Kier alpha value is -1.42. The maximum absolute atomic E-state index is 13.0. The molecular weight excluding hydrogens is 243 g/mol. The Morgan fingerprint density at radius 3 is 2.47 bits per heavy atom. The van der Waals surface area contributed by atoms with Gasteiger partial charge in [-0.1, -0.05) is 12.1 Å². The second-order valence-corrected chi connectivity index (χ2v) is 5.98. The van der Waals surface area contributed by atoms with Gasteiger partial charge in [0, 0.05) is 12.1 Å². The van der Waals surface area contributed by atoms with Crippen LogP contribution in [0.25, 0.3) is 0 Å². The molecule has 1 rings (SSSR count). The first-order valence-electron chi connectivity index (χ1n) is 6.46. The number of carbonyl (C=O) groups excluding carboxylic acids is 1. The van der Waals surface area contributed by atoms with Crippen molar-refractivity contribution in [1.29, 1.82) is 0 Å². The summed E-state index contributed by atoms with van der Waals surface area (Å²) in [5, 5.41) is 2.86. The molecule has 0 bridgehead atoms. The molecule has 3 N–H and O–H groups in total. The average molecular weight is 266 g/mol. The van der Waals surface area contributed by atoms with Crippen molar-refractivity contribution in [1.82, 2.24) is 5.32 Å². The normalized spacial score (nSPS) is 12.3. The third kappa shape index (κ3) is 4.03. The molecular formula is C15H23FN2O. The molecule has 4 heteroatoms. The standard InChI is InChI=1S/C15H23FN2O/c1-14(2,15(3,4)17)13(19)18-9-8-11-6-5-7-12(16)10-11/h5-7,10H,8-9,17H2,1-4H3,(H,18,19). The van der Waals surface area contributed by atoms with Crippen LogP contribution in [0.1, 0.15) is 33.3 Å². The quantitative estimate of drug-likeness (QED) is 0.859. The number of nitrogens with one attached hydrogen (secondary N) is 1. The van der Waals surface area contributed by atoms with Gasteiger partial charge in [0.1, 0.15) is 5.82 Å². The van der Waals surface area contributed by atoms with Crippen LogP contribution in [0.2, 0.25) is 0 Å². The third-order valence-electron chi connectivity index (χ3n) is 3.77. The van der Waals surface area contributed by atoms with Gasteiger partial charge >= 0.3 is 0 Å². The smallest absolute Gasteiger partial charge is 0.227 e. The number of nitrogens with two attached hydrogens (primary N) is 1. The van der Waals surface area contributed by atoms with E-state index in [2.05, 4.69) is 5.32 Å². The summed E-state index contributed by atoms with van der Waals surface area (Å²) in [6.45, 7) is 7.79. The summed E-state index contributed by atoms with van der Waals surface area (Å²) >= 11 is 0. The number of hydrogen-bond acceptors (Lipinski definition) is 2. The van der Waals surface area contributed by atoms with Crippen molar-refractivity contribution in [3.8, 4) is 0 Å². The summed E-state index contributed by atoms with van der Waals surface area (Å²) < 4.78 is 13.0. The zero-order chi connectivity index (χ0) is 14.7. The minimum atomic E-state index is -0.658. The molecule has 0 fully saturated rings. The van der Waals surface area contributed by atoms with E-state index < -0.39 is 11.0 Å². The number of benzene rings is 1. The van der Waals surface area contributed by atoms with Gasteiger partial charge in [-0.2, -0.15) is 0 Å². The second kappa shape index (κ2) is 5.70. The van der Waals surface area contributed by atoms with Crippen LogP contribution in [0.4, 0.5) is 4.39 Å². The summed E-state index contributed by atoms with van der Waals surface area (Å²) in [5.74, 6) is -0.344. The van der Waals surface area contributed by atoms with Crippen molar-refractivity contribution in [3.05, 3.63) is 35.6 Å². The van der Waals surface area contributed by atoms with Crippen LogP contribution in [-0.4, -0.2) is 18.0 Å². The first kappa shape index (κ1) is 15.6. The van der Waals surface area contributed by atoms with E-state index in [0.29, 0.717) is 13.0 Å². The molecule has 0 radical (unpaired) electrons. The highest BCUT2D eigenvalue weighted by molar-refractivity contribution is 5.83. The van der Waals surface area contributed by atoms with E-state index in [-0.39, 0.29) is 11.7 Å². The maximum atomic E-state index is 13.0. The molecule has 106 valence electrons. The fourth-order valence-electron chi connectivity index (χ4n) is 1.53. The lowest BCUT2D eigenvalue weighted by molar-refractivity contribution is -0.132. The second-order valence-electron chi connectivity index (χ2n) is 5.98. The predicted octanol–water partition coefficient (Wildman–Crippen LogP) is 2.25. The molecule has 0 spiro atoms. The molecule has 3 nitrogen and oxygen atoms in total. The van der Waals surface area contributed by atoms with Crippen LogP contribution in [0.15, 0.2) is 24.3 Å². The van der Waals surface area contributed by atoms with Crippen molar-refractivity contribution in [3.63, 3.8) is 0 Å². The third-order valence-corrected chi connectivity index (χ3v) is 3.77. The molecule has 0 heterocycles. The van der Waals surface area contributed by atoms with Crippen LogP contribution < -0.4 is 11.1 Å². The molecule has 0 aliphatic carbocycles. The number of carbonyl (C=O) groups is 1. The van der Waals surface area contributed by atoms with Crippen LogP contribution in [0.3, 0.4) is 0 Å². The van der Waals surface area contributed by atoms with Gasteiger partial charge in [0.2, 0.25) is 5.91 Å². The molecule has 19 heavy (non-hydrogen) atoms. The largest absolute Gasteiger partial charge is 0.355 e. The molecule has 1 aromatic carbocycles. The van der Waals surface area contributed by atoms with Crippen LogP contribution in [0, 0.1) is 11.2 Å². The molecule has 0 unspecified atom stereocenters. The monoisotopic (exact) mass is 266 g/mol. The molecule has 1 amide bonds. The molecule has 1 aromatic rings. The Morgan fingerprint density at radius 2 is 1.95 bits per heavy atom. The number of hydrogen-bond donors (Lipinski definition) is 2. The minimum absolute atomic E-state index is 0.0867. The van der Waals surface area contributed by atoms with Gasteiger partial charge in [-0.3, -0.25) is 4.79 Å². The Morgan fingerprint density at radius 1 is 1.32 bits per heavy atom. The van der Waals surface area contributed by atoms with Crippen molar-refractivity contribution in [2.24, 2.45) is 11.1 Å². The van der Waals surface area contributed by atoms with Crippen LogP contribution >= 0.6 is 0 Å². The lowest BCUT2D eigenvalue weighted by atomic mass is 9.74. The van der Waals surface area contributed by atoms with Gasteiger partial charge < -0.3 is 11.1 Å². The van der Waals surface area contributed by atoms with E-state index in [1.54, 1.807) is 6.07 Å². The van der Waals surface area contributed by atoms with Crippen molar-refractivity contribution in [2.45, 2.75) is 39.7 Å². The lowest BCUT2D eigenvalue weighted by Crippen LogP contribution is -2.55. The topological polar surface area (TPSA) is 55.1 Å². The van der Waals surface area contributed by atoms with Gasteiger partial charge in [0.05, 0.1) is 5.41 Å². The molecule has 0 aliphatic rings. The summed E-state index contributed by atoms with van der Waals surface area (Å²) in [6, 6.07) is 6.39. The summed E-state index contributed by atoms with van der Waals surface area (Å²) in [5.41, 5.74) is 5.61. The fourth-order valence-corrected chi connectivity index (χ4v) is 1.53. The van der Waals surface area contributed by atoms with E-state index in [0.717, 1.165) is 5.56 Å². The van der Waals surface area contributed by atoms with E-state index in [4.69, 9.17) is 5.73 Å². The van der Waals surface area contributed by atoms with Crippen LogP contribution in [0.5, 0.6) is 0 Å². The van der Waals surface area contributed by atoms with Gasteiger partial charge in [0.25, 0.3) is 0 Å². The number of rotatable bonds is 5. The Kier molecular flexibility index (Phi) is 4.69. The zero-order valence-corrected chi connectivity index (χ0v) is 12.1. The summed E-state index contributed by atoms with van der Waals surface area (Å²) in [6.07, 6.45) is 0.602. The van der Waals surface area contributed by atoms with Gasteiger partial charge in [-0.15, -0.1) is 0 Å². The Labute approximate surface area is 114 Å². The minimum Gasteiger partial charge on any atom is -0.355 e. The predicted molar refractivity (Wildman–Crippen MR) is 75.2 cm³/mol. The zero-order valence-electron chi connectivity index (χ0n) is 12.1.